The molecule has 0 amide bonds. The number of nitrogens with zero attached hydrogens (tertiary/aromatic N) is 3. The molecule has 3 aromatic rings. The first kappa shape index (κ1) is 18.0. The van der Waals surface area contributed by atoms with Crippen LogP contribution in [-0.4, -0.2) is 28.4 Å². The van der Waals surface area contributed by atoms with Crippen molar-refractivity contribution in [2.75, 3.05) is 14.1 Å². The third kappa shape index (κ3) is 3.93. The summed E-state index contributed by atoms with van der Waals surface area (Å²) in [7, 11) is 3.75. The van der Waals surface area contributed by atoms with Crippen LogP contribution in [0.1, 0.15) is 6.92 Å². The SMILES string of the molecule is CCn1c(-c2ccccc2)nn(-c2cccc(Cl)c2)c1=O.CNC. The van der Waals surface area contributed by atoms with E-state index in [1.54, 1.807) is 22.8 Å². The molecular formula is C18H21ClN4O. The third-order valence-corrected chi connectivity index (χ3v) is 3.50. The molecule has 0 aliphatic rings. The van der Waals surface area contributed by atoms with Crippen molar-refractivity contribution < 1.29 is 0 Å². The van der Waals surface area contributed by atoms with Crippen molar-refractivity contribution >= 4 is 11.6 Å². The standard InChI is InChI=1S/C16H14ClN3O.C2H7N/c1-2-19-15(12-7-4-3-5-8-12)18-20(16(19)21)14-10-6-9-13(17)11-14;1-3-2/h3-11H,2H2,1H3;3H,1-2H3. The Bertz CT molecular complexity index is 840. The summed E-state index contributed by atoms with van der Waals surface area (Å²) in [5, 5.41) is 7.80. The van der Waals surface area contributed by atoms with E-state index in [1.807, 2.05) is 57.4 Å². The van der Waals surface area contributed by atoms with Gasteiger partial charge in [0.05, 0.1) is 5.69 Å². The number of nitrogens with one attached hydrogen (secondary N) is 1. The fourth-order valence-electron chi connectivity index (χ4n) is 2.26. The van der Waals surface area contributed by atoms with E-state index in [9.17, 15) is 4.79 Å². The van der Waals surface area contributed by atoms with Crippen LogP contribution in [0.25, 0.3) is 17.1 Å². The monoisotopic (exact) mass is 344 g/mol. The Kier molecular flexibility index (Phi) is 6.35. The smallest absolute Gasteiger partial charge is 0.323 e. The van der Waals surface area contributed by atoms with Crippen LogP contribution in [0.4, 0.5) is 0 Å². The lowest BCUT2D eigenvalue weighted by molar-refractivity contribution is 0.716. The highest BCUT2D eigenvalue weighted by Crippen LogP contribution is 2.18. The predicted octanol–water partition coefficient (Wildman–Crippen LogP) is 3.21. The zero-order chi connectivity index (χ0) is 17.5. The van der Waals surface area contributed by atoms with Gasteiger partial charge in [-0.05, 0) is 39.2 Å². The largest absolute Gasteiger partial charge is 0.350 e. The van der Waals surface area contributed by atoms with Gasteiger partial charge in [-0.3, -0.25) is 4.57 Å². The molecular weight excluding hydrogens is 324 g/mol. The lowest BCUT2D eigenvalue weighted by Crippen LogP contribution is -2.23. The molecule has 0 saturated heterocycles. The zero-order valence-electron chi connectivity index (χ0n) is 14.0. The highest BCUT2D eigenvalue weighted by Gasteiger charge is 2.14. The summed E-state index contributed by atoms with van der Waals surface area (Å²) in [6, 6.07) is 16.8. The van der Waals surface area contributed by atoms with Gasteiger partial charge in [-0.15, -0.1) is 5.10 Å². The lowest BCUT2D eigenvalue weighted by Gasteiger charge is -2.00. The quantitative estimate of drug-likeness (QED) is 0.793. The first-order valence-corrected chi connectivity index (χ1v) is 8.09. The number of hydrogen-bond acceptors (Lipinski definition) is 3. The summed E-state index contributed by atoms with van der Waals surface area (Å²) >= 11 is 5.99. The van der Waals surface area contributed by atoms with Crippen LogP contribution in [0.2, 0.25) is 5.02 Å². The molecule has 0 bridgehead atoms. The first-order chi connectivity index (χ1) is 11.6. The molecule has 24 heavy (non-hydrogen) atoms. The maximum atomic E-state index is 12.5. The van der Waals surface area contributed by atoms with Crippen LogP contribution in [0, 0.1) is 0 Å². The molecule has 0 aliphatic heterocycles. The molecule has 1 N–H and O–H groups in total. The van der Waals surface area contributed by atoms with E-state index in [0.29, 0.717) is 23.1 Å². The number of aromatic nitrogens is 3. The second kappa shape index (κ2) is 8.47. The topological polar surface area (TPSA) is 51.9 Å². The molecule has 0 spiro atoms. The average Bonchev–Trinajstić information content (AvgIpc) is 2.93. The normalized spacial score (nSPS) is 10.2. The Morgan fingerprint density at radius 2 is 1.75 bits per heavy atom. The highest BCUT2D eigenvalue weighted by atomic mass is 35.5. The van der Waals surface area contributed by atoms with E-state index in [1.165, 1.54) is 4.68 Å². The van der Waals surface area contributed by atoms with Crippen molar-refractivity contribution in [2.24, 2.45) is 0 Å². The molecule has 3 rings (SSSR count). The second-order valence-corrected chi connectivity index (χ2v) is 5.54. The van der Waals surface area contributed by atoms with Crippen LogP contribution < -0.4 is 11.0 Å². The lowest BCUT2D eigenvalue weighted by atomic mass is 10.2. The van der Waals surface area contributed by atoms with Crippen molar-refractivity contribution in [3.8, 4) is 17.1 Å². The first-order valence-electron chi connectivity index (χ1n) is 7.72. The van der Waals surface area contributed by atoms with E-state index in [2.05, 4.69) is 10.4 Å². The fourth-order valence-corrected chi connectivity index (χ4v) is 2.44. The molecule has 0 aliphatic carbocycles. The minimum Gasteiger partial charge on any atom is -0.323 e. The second-order valence-electron chi connectivity index (χ2n) is 5.11. The van der Waals surface area contributed by atoms with Crippen LogP contribution in [0.5, 0.6) is 0 Å². The van der Waals surface area contributed by atoms with Gasteiger partial charge in [-0.2, -0.15) is 4.68 Å². The van der Waals surface area contributed by atoms with Gasteiger partial charge >= 0.3 is 5.69 Å². The number of hydrogen-bond donors (Lipinski definition) is 1. The van der Waals surface area contributed by atoms with Crippen molar-refractivity contribution in [3.63, 3.8) is 0 Å². The molecule has 5 nitrogen and oxygen atoms in total. The molecule has 0 saturated carbocycles. The Morgan fingerprint density at radius 3 is 2.33 bits per heavy atom. The van der Waals surface area contributed by atoms with E-state index in [-0.39, 0.29) is 5.69 Å². The summed E-state index contributed by atoms with van der Waals surface area (Å²) in [5.41, 5.74) is 1.41. The van der Waals surface area contributed by atoms with Crippen molar-refractivity contribution in [3.05, 3.63) is 70.1 Å². The Labute approximate surface area is 146 Å². The molecule has 1 aromatic heterocycles. The highest BCUT2D eigenvalue weighted by molar-refractivity contribution is 6.30. The van der Waals surface area contributed by atoms with E-state index in [0.717, 1.165) is 5.56 Å². The van der Waals surface area contributed by atoms with Crippen molar-refractivity contribution in [1.82, 2.24) is 19.7 Å². The fraction of sp³-hybridized carbons (Fsp3) is 0.222. The molecule has 1 heterocycles. The summed E-state index contributed by atoms with van der Waals surface area (Å²) in [6.07, 6.45) is 0. The molecule has 0 atom stereocenters. The summed E-state index contributed by atoms with van der Waals surface area (Å²) in [6.45, 7) is 2.49. The molecule has 126 valence electrons. The van der Waals surface area contributed by atoms with Crippen LogP contribution in [0.15, 0.2) is 59.4 Å². The van der Waals surface area contributed by atoms with Gasteiger partial charge in [0.15, 0.2) is 5.82 Å². The molecule has 6 heteroatoms. The predicted molar refractivity (Wildman–Crippen MR) is 98.9 cm³/mol. The van der Waals surface area contributed by atoms with Gasteiger partial charge in [0, 0.05) is 17.1 Å². The Morgan fingerprint density at radius 1 is 1.08 bits per heavy atom. The van der Waals surface area contributed by atoms with Gasteiger partial charge in [0.2, 0.25) is 0 Å². The van der Waals surface area contributed by atoms with Gasteiger partial charge in [-0.1, -0.05) is 48.0 Å². The summed E-state index contributed by atoms with van der Waals surface area (Å²) in [4.78, 5) is 12.5. The van der Waals surface area contributed by atoms with Crippen LogP contribution in [-0.2, 0) is 6.54 Å². The Balaban J connectivity index is 0.000000647. The number of benzene rings is 2. The maximum absolute atomic E-state index is 12.5. The van der Waals surface area contributed by atoms with Crippen molar-refractivity contribution in [1.29, 1.82) is 0 Å². The zero-order valence-corrected chi connectivity index (χ0v) is 14.8. The third-order valence-electron chi connectivity index (χ3n) is 3.26. The van der Waals surface area contributed by atoms with Gasteiger partial charge in [0.1, 0.15) is 0 Å². The summed E-state index contributed by atoms with van der Waals surface area (Å²) < 4.78 is 3.04. The maximum Gasteiger partial charge on any atom is 0.350 e. The van der Waals surface area contributed by atoms with Crippen molar-refractivity contribution in [2.45, 2.75) is 13.5 Å². The number of halogens is 1. The molecule has 0 fully saturated rings. The Hall–Kier alpha value is -2.37. The van der Waals surface area contributed by atoms with E-state index < -0.39 is 0 Å². The molecule has 2 aromatic carbocycles. The van der Waals surface area contributed by atoms with Crippen LogP contribution >= 0.6 is 11.6 Å². The van der Waals surface area contributed by atoms with Gasteiger partial charge in [-0.25, -0.2) is 4.79 Å². The van der Waals surface area contributed by atoms with E-state index >= 15 is 0 Å². The number of rotatable bonds is 3. The molecule has 0 unspecified atom stereocenters. The van der Waals surface area contributed by atoms with Crippen LogP contribution in [0.3, 0.4) is 0 Å². The minimum atomic E-state index is -0.168. The van der Waals surface area contributed by atoms with Gasteiger partial charge in [0.25, 0.3) is 0 Å². The summed E-state index contributed by atoms with van der Waals surface area (Å²) in [5.74, 6) is 0.656. The molecule has 0 radical (unpaired) electrons. The minimum absolute atomic E-state index is 0.168. The van der Waals surface area contributed by atoms with E-state index in [4.69, 9.17) is 11.6 Å². The van der Waals surface area contributed by atoms with Gasteiger partial charge < -0.3 is 5.32 Å². The average molecular weight is 345 g/mol.